The fraction of sp³-hybridized carbons (Fsp3) is 0.688. The number of allylic oxidation sites excluding steroid dienone is 2. The quantitative estimate of drug-likeness (QED) is 0.636. The van der Waals surface area contributed by atoms with Crippen molar-refractivity contribution in [1.29, 1.82) is 0 Å². The smallest absolute Gasteiger partial charge is 0.222 e. The lowest BCUT2D eigenvalue weighted by molar-refractivity contribution is -0.131. The molecule has 1 aliphatic heterocycles. The summed E-state index contributed by atoms with van der Waals surface area (Å²) >= 11 is 0. The highest BCUT2D eigenvalue weighted by Gasteiger charge is 2.13. The van der Waals surface area contributed by atoms with Crippen LogP contribution in [0.15, 0.2) is 24.0 Å². The van der Waals surface area contributed by atoms with E-state index in [-0.39, 0.29) is 5.91 Å². The lowest BCUT2D eigenvalue weighted by atomic mass is 10.1. The Morgan fingerprint density at radius 2 is 1.95 bits per heavy atom. The summed E-state index contributed by atoms with van der Waals surface area (Å²) in [5.41, 5.74) is 1.21. The Hall–Kier alpha value is -1.25. The Balaban J connectivity index is 2.36. The van der Waals surface area contributed by atoms with Gasteiger partial charge < -0.3 is 9.64 Å². The zero-order valence-corrected chi connectivity index (χ0v) is 12.4. The molecule has 0 saturated carbocycles. The number of ether oxygens (including phenoxy) is 1. The van der Waals surface area contributed by atoms with Crippen LogP contribution in [-0.2, 0) is 9.53 Å². The Morgan fingerprint density at radius 3 is 2.47 bits per heavy atom. The van der Waals surface area contributed by atoms with Crippen LogP contribution < -0.4 is 0 Å². The lowest BCUT2D eigenvalue weighted by Crippen LogP contribution is -2.32. The van der Waals surface area contributed by atoms with E-state index >= 15 is 0 Å². The first-order valence-electron chi connectivity index (χ1n) is 7.51. The Bertz CT molecular complexity index is 313. The molecule has 108 valence electrons. The normalized spacial score (nSPS) is 13.9. The van der Waals surface area contributed by atoms with Crippen LogP contribution in [-0.4, -0.2) is 30.5 Å². The van der Waals surface area contributed by atoms with E-state index in [1.807, 2.05) is 11.0 Å². The van der Waals surface area contributed by atoms with E-state index in [0.717, 1.165) is 45.2 Å². The predicted molar refractivity (Wildman–Crippen MR) is 78.8 cm³/mol. The number of nitrogens with zero attached hydrogens (tertiary/aromatic N) is 1. The summed E-state index contributed by atoms with van der Waals surface area (Å²) in [5, 5.41) is 0. The van der Waals surface area contributed by atoms with Gasteiger partial charge >= 0.3 is 0 Å². The van der Waals surface area contributed by atoms with Gasteiger partial charge in [-0.3, -0.25) is 4.79 Å². The van der Waals surface area contributed by atoms with Crippen LogP contribution in [0.1, 0.15) is 52.4 Å². The van der Waals surface area contributed by atoms with E-state index < -0.39 is 0 Å². The number of rotatable bonds is 9. The topological polar surface area (TPSA) is 29.5 Å². The summed E-state index contributed by atoms with van der Waals surface area (Å²) < 4.78 is 5.23. The molecule has 1 rings (SSSR count). The van der Waals surface area contributed by atoms with Crippen molar-refractivity contribution in [2.24, 2.45) is 0 Å². The van der Waals surface area contributed by atoms with Gasteiger partial charge in [0.25, 0.3) is 0 Å². The minimum Gasteiger partial charge on any atom is -0.497 e. The maximum absolute atomic E-state index is 12.2. The molecule has 0 radical (unpaired) electrons. The molecular formula is C16H27NO2. The minimum absolute atomic E-state index is 0.289. The van der Waals surface area contributed by atoms with Crippen molar-refractivity contribution in [2.45, 2.75) is 52.4 Å². The Labute approximate surface area is 117 Å². The highest BCUT2D eigenvalue weighted by atomic mass is 16.5. The van der Waals surface area contributed by atoms with Crippen LogP contribution in [0, 0.1) is 0 Å². The van der Waals surface area contributed by atoms with Crippen molar-refractivity contribution in [3.05, 3.63) is 24.0 Å². The predicted octanol–water partition coefficient (Wildman–Crippen LogP) is 3.67. The van der Waals surface area contributed by atoms with E-state index in [1.165, 1.54) is 5.57 Å². The number of carbonyl (C=O) groups excluding carboxylic acids is 1. The third-order valence-electron chi connectivity index (χ3n) is 3.35. The van der Waals surface area contributed by atoms with Crippen molar-refractivity contribution < 1.29 is 9.53 Å². The largest absolute Gasteiger partial charge is 0.497 e. The first-order chi connectivity index (χ1) is 9.27. The van der Waals surface area contributed by atoms with E-state index in [0.29, 0.717) is 13.0 Å². The van der Waals surface area contributed by atoms with Gasteiger partial charge in [0.15, 0.2) is 0 Å². The SMILES string of the molecule is CCCCN(CCCC)C(=O)CCC1=CC=COC1. The van der Waals surface area contributed by atoms with E-state index in [4.69, 9.17) is 4.74 Å². The van der Waals surface area contributed by atoms with Crippen LogP contribution in [0.4, 0.5) is 0 Å². The van der Waals surface area contributed by atoms with Crippen LogP contribution in [0.2, 0.25) is 0 Å². The van der Waals surface area contributed by atoms with E-state index in [2.05, 4.69) is 19.9 Å². The molecule has 1 heterocycles. The van der Waals surface area contributed by atoms with Crippen LogP contribution in [0.3, 0.4) is 0 Å². The van der Waals surface area contributed by atoms with Crippen LogP contribution in [0.25, 0.3) is 0 Å². The number of unbranched alkanes of at least 4 members (excludes halogenated alkanes) is 2. The molecule has 3 nitrogen and oxygen atoms in total. The summed E-state index contributed by atoms with van der Waals surface area (Å²) in [6.45, 7) is 6.78. The third kappa shape index (κ3) is 6.46. The molecule has 0 saturated heterocycles. The number of amides is 1. The van der Waals surface area contributed by atoms with E-state index in [1.54, 1.807) is 6.26 Å². The first kappa shape index (κ1) is 15.8. The van der Waals surface area contributed by atoms with Gasteiger partial charge in [0.05, 0.1) is 6.26 Å². The highest BCUT2D eigenvalue weighted by molar-refractivity contribution is 5.76. The Kier molecular flexibility index (Phi) is 8.03. The molecule has 0 aromatic rings. The summed E-state index contributed by atoms with van der Waals surface area (Å²) in [6, 6.07) is 0. The molecule has 0 aliphatic carbocycles. The van der Waals surface area contributed by atoms with Crippen LogP contribution in [0.5, 0.6) is 0 Å². The van der Waals surface area contributed by atoms with Crippen molar-refractivity contribution in [3.63, 3.8) is 0 Å². The van der Waals surface area contributed by atoms with Gasteiger partial charge in [0.1, 0.15) is 6.61 Å². The minimum atomic E-state index is 0.289. The summed E-state index contributed by atoms with van der Waals surface area (Å²) in [5.74, 6) is 0.289. The van der Waals surface area contributed by atoms with Crippen molar-refractivity contribution in [1.82, 2.24) is 4.90 Å². The molecule has 3 heteroatoms. The summed E-state index contributed by atoms with van der Waals surface area (Å²) in [7, 11) is 0. The molecule has 0 atom stereocenters. The molecule has 1 aliphatic rings. The average molecular weight is 265 g/mol. The molecular weight excluding hydrogens is 238 g/mol. The summed E-state index contributed by atoms with van der Waals surface area (Å²) in [6.07, 6.45) is 11.6. The number of hydrogen-bond donors (Lipinski definition) is 0. The van der Waals surface area contributed by atoms with Gasteiger partial charge in [0.2, 0.25) is 5.91 Å². The van der Waals surface area contributed by atoms with Gasteiger partial charge in [0, 0.05) is 19.5 Å². The highest BCUT2D eigenvalue weighted by Crippen LogP contribution is 2.12. The maximum atomic E-state index is 12.2. The van der Waals surface area contributed by atoms with Gasteiger partial charge in [-0.05, 0) is 30.9 Å². The first-order valence-corrected chi connectivity index (χ1v) is 7.51. The summed E-state index contributed by atoms with van der Waals surface area (Å²) in [4.78, 5) is 14.3. The fourth-order valence-electron chi connectivity index (χ4n) is 2.07. The van der Waals surface area contributed by atoms with Gasteiger partial charge in [-0.15, -0.1) is 0 Å². The van der Waals surface area contributed by atoms with Crippen molar-refractivity contribution in [3.8, 4) is 0 Å². The monoisotopic (exact) mass is 265 g/mol. The van der Waals surface area contributed by atoms with Crippen LogP contribution >= 0.6 is 0 Å². The lowest BCUT2D eigenvalue weighted by Gasteiger charge is -2.23. The van der Waals surface area contributed by atoms with E-state index in [9.17, 15) is 4.79 Å². The standard InChI is InChI=1S/C16H27NO2/c1-3-5-11-17(12-6-4-2)16(18)10-9-15-8-7-13-19-14-15/h7-8,13H,3-6,9-12,14H2,1-2H3. The zero-order valence-electron chi connectivity index (χ0n) is 12.4. The van der Waals surface area contributed by atoms with Gasteiger partial charge in [-0.25, -0.2) is 0 Å². The van der Waals surface area contributed by atoms with Crippen molar-refractivity contribution >= 4 is 5.91 Å². The molecule has 1 amide bonds. The molecule has 19 heavy (non-hydrogen) atoms. The van der Waals surface area contributed by atoms with Gasteiger partial charge in [-0.2, -0.15) is 0 Å². The molecule has 0 bridgehead atoms. The molecule has 0 aromatic carbocycles. The third-order valence-corrected chi connectivity index (χ3v) is 3.35. The fourth-order valence-corrected chi connectivity index (χ4v) is 2.07. The second-order valence-corrected chi connectivity index (χ2v) is 5.05. The molecule has 0 fully saturated rings. The molecule has 0 N–H and O–H groups in total. The molecule has 0 aromatic heterocycles. The number of carbonyl (C=O) groups is 1. The maximum Gasteiger partial charge on any atom is 0.222 e. The Morgan fingerprint density at radius 1 is 1.26 bits per heavy atom. The van der Waals surface area contributed by atoms with Gasteiger partial charge in [-0.1, -0.05) is 32.8 Å². The molecule has 0 unspecified atom stereocenters. The second-order valence-electron chi connectivity index (χ2n) is 5.05. The second kappa shape index (κ2) is 9.65. The average Bonchev–Trinajstić information content (AvgIpc) is 2.46. The zero-order chi connectivity index (χ0) is 13.9. The molecule has 0 spiro atoms. The number of hydrogen-bond acceptors (Lipinski definition) is 2. The van der Waals surface area contributed by atoms with Crippen molar-refractivity contribution in [2.75, 3.05) is 19.7 Å².